The van der Waals surface area contributed by atoms with Crippen LogP contribution in [0, 0.1) is 5.92 Å². The van der Waals surface area contributed by atoms with E-state index in [0.717, 1.165) is 30.0 Å². The lowest BCUT2D eigenvalue weighted by atomic mass is 9.89. The number of anilines is 1. The zero-order valence-electron chi connectivity index (χ0n) is 14.6. The third kappa shape index (κ3) is 6.32. The fraction of sp³-hybridized carbons (Fsp3) is 0.579. The van der Waals surface area contributed by atoms with Crippen LogP contribution in [0.15, 0.2) is 24.3 Å². The van der Waals surface area contributed by atoms with Crippen LogP contribution in [0.1, 0.15) is 51.5 Å². The Morgan fingerprint density at radius 1 is 1.25 bits per heavy atom. The second-order valence-electron chi connectivity index (χ2n) is 6.58. The van der Waals surface area contributed by atoms with Crippen molar-refractivity contribution in [3.8, 4) is 0 Å². The molecule has 1 fully saturated rings. The fourth-order valence-corrected chi connectivity index (χ4v) is 2.99. The number of ether oxygens (including phenoxy) is 1. The standard InChI is InChI=1S/C19H28N2O3/c1-3-18(22)20-12-19(23)21-16-8-5-7-15(11-16)13-24-17-9-4-6-14(2)10-17/h5,7-8,11,14,17H,3-4,6,9-10,12-13H2,1-2H3,(H,20,22)(H,21,23). The first-order valence-electron chi connectivity index (χ1n) is 8.84. The number of nitrogens with one attached hydrogen (secondary N) is 2. The third-order valence-electron chi connectivity index (χ3n) is 4.35. The van der Waals surface area contributed by atoms with Gasteiger partial charge in [0.15, 0.2) is 0 Å². The van der Waals surface area contributed by atoms with Crippen molar-refractivity contribution in [2.45, 2.75) is 58.7 Å². The molecule has 0 aliphatic heterocycles. The Morgan fingerprint density at radius 3 is 2.83 bits per heavy atom. The highest BCUT2D eigenvalue weighted by Gasteiger charge is 2.19. The van der Waals surface area contributed by atoms with Crippen molar-refractivity contribution in [2.24, 2.45) is 5.92 Å². The lowest BCUT2D eigenvalue weighted by Gasteiger charge is -2.26. The molecule has 0 aromatic heterocycles. The predicted molar refractivity (Wildman–Crippen MR) is 94.6 cm³/mol. The molecule has 1 saturated carbocycles. The molecule has 5 nitrogen and oxygen atoms in total. The summed E-state index contributed by atoms with van der Waals surface area (Å²) in [7, 11) is 0. The highest BCUT2D eigenvalue weighted by molar-refractivity contribution is 5.94. The Hall–Kier alpha value is -1.88. The van der Waals surface area contributed by atoms with Crippen LogP contribution in [0.25, 0.3) is 0 Å². The maximum absolute atomic E-state index is 11.8. The minimum Gasteiger partial charge on any atom is -0.374 e. The highest BCUT2D eigenvalue weighted by atomic mass is 16.5. The van der Waals surface area contributed by atoms with Crippen LogP contribution in [0.5, 0.6) is 0 Å². The van der Waals surface area contributed by atoms with E-state index in [1.165, 1.54) is 12.8 Å². The summed E-state index contributed by atoms with van der Waals surface area (Å²) in [6.45, 7) is 4.59. The van der Waals surface area contributed by atoms with E-state index in [-0.39, 0.29) is 18.4 Å². The highest BCUT2D eigenvalue weighted by Crippen LogP contribution is 2.26. The molecule has 1 aromatic carbocycles. The summed E-state index contributed by atoms with van der Waals surface area (Å²) in [4.78, 5) is 23.0. The molecule has 2 atom stereocenters. The average Bonchev–Trinajstić information content (AvgIpc) is 2.58. The first-order valence-corrected chi connectivity index (χ1v) is 8.84. The van der Waals surface area contributed by atoms with Crippen LogP contribution < -0.4 is 10.6 Å². The number of hydrogen-bond acceptors (Lipinski definition) is 3. The Morgan fingerprint density at radius 2 is 2.08 bits per heavy atom. The van der Waals surface area contributed by atoms with Gasteiger partial charge in [-0.2, -0.15) is 0 Å². The normalized spacial score (nSPS) is 20.4. The Kier molecular flexibility index (Phi) is 7.25. The molecule has 2 amide bonds. The largest absolute Gasteiger partial charge is 0.374 e. The van der Waals surface area contributed by atoms with Gasteiger partial charge in [-0.05, 0) is 36.5 Å². The van der Waals surface area contributed by atoms with Gasteiger partial charge in [0, 0.05) is 12.1 Å². The van der Waals surface area contributed by atoms with Crippen LogP contribution in [0.2, 0.25) is 0 Å². The molecule has 1 aliphatic rings. The van der Waals surface area contributed by atoms with Gasteiger partial charge in [-0.3, -0.25) is 9.59 Å². The Bertz CT molecular complexity index is 559. The minimum absolute atomic E-state index is 0.00658. The van der Waals surface area contributed by atoms with Gasteiger partial charge in [0.2, 0.25) is 11.8 Å². The van der Waals surface area contributed by atoms with E-state index in [1.807, 2.05) is 24.3 Å². The van der Waals surface area contributed by atoms with Gasteiger partial charge in [0.1, 0.15) is 0 Å². The molecule has 0 spiro atoms. The van der Waals surface area contributed by atoms with Crippen LogP contribution in [-0.2, 0) is 20.9 Å². The van der Waals surface area contributed by atoms with Crippen molar-refractivity contribution < 1.29 is 14.3 Å². The molecular formula is C19H28N2O3. The molecular weight excluding hydrogens is 304 g/mol. The molecule has 0 radical (unpaired) electrons. The smallest absolute Gasteiger partial charge is 0.243 e. The number of hydrogen-bond donors (Lipinski definition) is 2. The number of amides is 2. The quantitative estimate of drug-likeness (QED) is 0.805. The van der Waals surface area contributed by atoms with Crippen LogP contribution in [-0.4, -0.2) is 24.5 Å². The molecule has 1 aliphatic carbocycles. The van der Waals surface area contributed by atoms with Crippen molar-refractivity contribution in [2.75, 3.05) is 11.9 Å². The van der Waals surface area contributed by atoms with E-state index in [4.69, 9.17) is 4.74 Å². The second-order valence-corrected chi connectivity index (χ2v) is 6.58. The first-order chi connectivity index (χ1) is 11.6. The number of rotatable bonds is 7. The lowest BCUT2D eigenvalue weighted by Crippen LogP contribution is -2.32. The van der Waals surface area contributed by atoms with Crippen LogP contribution in [0.3, 0.4) is 0 Å². The molecule has 0 heterocycles. The summed E-state index contributed by atoms with van der Waals surface area (Å²) in [6, 6.07) is 7.67. The summed E-state index contributed by atoms with van der Waals surface area (Å²) < 4.78 is 6.02. The maximum atomic E-state index is 11.8. The van der Waals surface area contributed by atoms with Crippen LogP contribution >= 0.6 is 0 Å². The molecule has 132 valence electrons. The molecule has 0 saturated heterocycles. The molecule has 2 rings (SSSR count). The van der Waals surface area contributed by atoms with Crippen molar-refractivity contribution in [3.05, 3.63) is 29.8 Å². The predicted octanol–water partition coefficient (Wildman–Crippen LogP) is 3.25. The van der Waals surface area contributed by atoms with Crippen molar-refractivity contribution in [3.63, 3.8) is 0 Å². The third-order valence-corrected chi connectivity index (χ3v) is 4.35. The molecule has 2 unspecified atom stereocenters. The fourth-order valence-electron chi connectivity index (χ4n) is 2.99. The summed E-state index contributed by atoms with van der Waals surface area (Å²) in [5, 5.41) is 5.36. The molecule has 2 N–H and O–H groups in total. The van der Waals surface area contributed by atoms with Gasteiger partial charge in [0.25, 0.3) is 0 Å². The number of carbonyl (C=O) groups is 2. The summed E-state index contributed by atoms with van der Waals surface area (Å²) in [5.41, 5.74) is 1.77. The zero-order valence-corrected chi connectivity index (χ0v) is 14.6. The summed E-state index contributed by atoms with van der Waals surface area (Å²) in [6.07, 6.45) is 5.53. The maximum Gasteiger partial charge on any atom is 0.243 e. The Balaban J connectivity index is 1.80. The topological polar surface area (TPSA) is 67.4 Å². The van der Waals surface area contributed by atoms with Gasteiger partial charge < -0.3 is 15.4 Å². The summed E-state index contributed by atoms with van der Waals surface area (Å²) in [5.74, 6) is 0.387. The van der Waals surface area contributed by atoms with Gasteiger partial charge in [-0.1, -0.05) is 38.8 Å². The van der Waals surface area contributed by atoms with Gasteiger partial charge in [-0.15, -0.1) is 0 Å². The molecule has 24 heavy (non-hydrogen) atoms. The molecule has 0 bridgehead atoms. The van der Waals surface area contributed by atoms with E-state index in [0.29, 0.717) is 19.1 Å². The molecule has 5 heteroatoms. The van der Waals surface area contributed by atoms with Gasteiger partial charge in [-0.25, -0.2) is 0 Å². The van der Waals surface area contributed by atoms with E-state index in [9.17, 15) is 9.59 Å². The SMILES string of the molecule is CCC(=O)NCC(=O)Nc1cccc(COC2CCCC(C)C2)c1. The monoisotopic (exact) mass is 332 g/mol. The molecule has 1 aromatic rings. The van der Waals surface area contributed by atoms with Crippen molar-refractivity contribution in [1.29, 1.82) is 0 Å². The number of benzene rings is 1. The number of carbonyl (C=O) groups excluding carboxylic acids is 2. The van der Waals surface area contributed by atoms with E-state index in [2.05, 4.69) is 17.6 Å². The zero-order chi connectivity index (χ0) is 17.4. The Labute approximate surface area is 144 Å². The lowest BCUT2D eigenvalue weighted by molar-refractivity contribution is -0.123. The van der Waals surface area contributed by atoms with E-state index < -0.39 is 0 Å². The first kappa shape index (κ1) is 18.5. The summed E-state index contributed by atoms with van der Waals surface area (Å²) >= 11 is 0. The van der Waals surface area contributed by atoms with Crippen molar-refractivity contribution >= 4 is 17.5 Å². The van der Waals surface area contributed by atoms with E-state index >= 15 is 0 Å². The van der Waals surface area contributed by atoms with Crippen molar-refractivity contribution in [1.82, 2.24) is 5.32 Å². The average molecular weight is 332 g/mol. The van der Waals surface area contributed by atoms with Gasteiger partial charge >= 0.3 is 0 Å². The van der Waals surface area contributed by atoms with Gasteiger partial charge in [0.05, 0.1) is 19.3 Å². The minimum atomic E-state index is -0.226. The van der Waals surface area contributed by atoms with Crippen LogP contribution in [0.4, 0.5) is 5.69 Å². The van der Waals surface area contributed by atoms with E-state index in [1.54, 1.807) is 6.92 Å². The second kappa shape index (κ2) is 9.42.